The van der Waals surface area contributed by atoms with Gasteiger partial charge in [-0.05, 0) is 30.9 Å². The normalized spacial score (nSPS) is 20.8. The molecule has 0 unspecified atom stereocenters. The van der Waals surface area contributed by atoms with Crippen LogP contribution in [0.3, 0.4) is 0 Å². The first-order chi connectivity index (χ1) is 12.2. The van der Waals surface area contributed by atoms with Crippen LogP contribution in [0.2, 0.25) is 0 Å². The Hall–Kier alpha value is -2.39. The van der Waals surface area contributed by atoms with E-state index in [-0.39, 0.29) is 24.0 Å². The maximum Gasteiger partial charge on any atom is 0.311 e. The van der Waals surface area contributed by atoms with E-state index >= 15 is 0 Å². The quantitative estimate of drug-likeness (QED) is 0.627. The molecule has 2 aromatic rings. The van der Waals surface area contributed by atoms with Gasteiger partial charge in [-0.15, -0.1) is 0 Å². The zero-order valence-corrected chi connectivity index (χ0v) is 14.6. The van der Waals surface area contributed by atoms with E-state index in [9.17, 15) is 4.79 Å². The minimum atomic E-state index is -0.139. The van der Waals surface area contributed by atoms with Crippen LogP contribution >= 0.6 is 0 Å². The molecule has 0 aromatic heterocycles. The summed E-state index contributed by atoms with van der Waals surface area (Å²) in [5.74, 6) is -0.258. The first-order valence-corrected chi connectivity index (χ1v) is 8.92. The monoisotopic (exact) mass is 335 g/mol. The van der Waals surface area contributed by atoms with Gasteiger partial charge in [-0.3, -0.25) is 4.79 Å². The minimum absolute atomic E-state index is 0.00669. The molecule has 1 aliphatic rings. The summed E-state index contributed by atoms with van der Waals surface area (Å²) in [6.07, 6.45) is 6.00. The lowest BCUT2D eigenvalue weighted by Crippen LogP contribution is -2.42. The zero-order chi connectivity index (χ0) is 17.5. The summed E-state index contributed by atoms with van der Waals surface area (Å²) in [7, 11) is 0. The Labute approximate surface area is 149 Å². The lowest BCUT2D eigenvalue weighted by atomic mass is 9.88. The second-order valence-electron chi connectivity index (χ2n) is 6.53. The van der Waals surface area contributed by atoms with Crippen molar-refractivity contribution in [2.75, 3.05) is 0 Å². The van der Waals surface area contributed by atoms with Crippen molar-refractivity contribution in [1.29, 1.82) is 0 Å². The summed E-state index contributed by atoms with van der Waals surface area (Å²) in [6.45, 7) is 2.46. The van der Waals surface area contributed by atoms with Crippen LogP contribution in [0.4, 0.5) is 0 Å². The van der Waals surface area contributed by atoms with Crippen molar-refractivity contribution in [1.82, 2.24) is 5.32 Å². The van der Waals surface area contributed by atoms with E-state index in [0.717, 1.165) is 18.4 Å². The van der Waals surface area contributed by atoms with Crippen molar-refractivity contribution in [2.45, 2.75) is 38.5 Å². The third kappa shape index (κ3) is 4.80. The summed E-state index contributed by atoms with van der Waals surface area (Å²) in [5.41, 5.74) is 2.24. The summed E-state index contributed by atoms with van der Waals surface area (Å²) in [5, 5.41) is 3.58. The highest BCUT2D eigenvalue weighted by Crippen LogP contribution is 2.24. The van der Waals surface area contributed by atoms with Crippen molar-refractivity contribution in [3.05, 3.63) is 83.9 Å². The van der Waals surface area contributed by atoms with Gasteiger partial charge in [0.25, 0.3) is 0 Å². The molecule has 0 amide bonds. The molecule has 0 fully saturated rings. The van der Waals surface area contributed by atoms with Gasteiger partial charge < -0.3 is 10.1 Å². The van der Waals surface area contributed by atoms with Crippen LogP contribution in [-0.2, 0) is 16.1 Å². The highest BCUT2D eigenvalue weighted by atomic mass is 16.5. The number of carbonyl (C=O) groups is 1. The molecule has 0 bridgehead atoms. The first kappa shape index (κ1) is 17.4. The number of hydrogen-bond acceptors (Lipinski definition) is 3. The molecule has 0 spiro atoms. The zero-order valence-electron chi connectivity index (χ0n) is 14.6. The second-order valence-corrected chi connectivity index (χ2v) is 6.53. The molecule has 2 aromatic carbocycles. The second kappa shape index (κ2) is 8.63. The molecule has 130 valence electrons. The lowest BCUT2D eigenvalue weighted by molar-refractivity contribution is -0.151. The summed E-state index contributed by atoms with van der Waals surface area (Å²) >= 11 is 0. The average molecular weight is 335 g/mol. The fourth-order valence-electron chi connectivity index (χ4n) is 3.23. The molecule has 0 saturated heterocycles. The Morgan fingerprint density at radius 1 is 1.12 bits per heavy atom. The van der Waals surface area contributed by atoms with Crippen LogP contribution in [0.5, 0.6) is 0 Å². The third-order valence-electron chi connectivity index (χ3n) is 4.69. The molecule has 0 aliphatic heterocycles. The van der Waals surface area contributed by atoms with Crippen LogP contribution in [0, 0.1) is 5.92 Å². The minimum Gasteiger partial charge on any atom is -0.461 e. The molecule has 0 radical (unpaired) electrons. The highest BCUT2D eigenvalue weighted by molar-refractivity contribution is 5.74. The summed E-state index contributed by atoms with van der Waals surface area (Å²) in [6, 6.07) is 20.3. The van der Waals surface area contributed by atoms with Gasteiger partial charge in [0.1, 0.15) is 6.61 Å². The van der Waals surface area contributed by atoms with Crippen molar-refractivity contribution >= 4 is 5.97 Å². The van der Waals surface area contributed by atoms with Gasteiger partial charge in [-0.25, -0.2) is 0 Å². The van der Waals surface area contributed by atoms with Gasteiger partial charge in [0.2, 0.25) is 0 Å². The van der Waals surface area contributed by atoms with Gasteiger partial charge in [0.15, 0.2) is 0 Å². The maximum absolute atomic E-state index is 12.6. The number of benzene rings is 2. The molecule has 3 heteroatoms. The Morgan fingerprint density at radius 2 is 1.80 bits per heavy atom. The third-order valence-corrected chi connectivity index (χ3v) is 4.69. The molecule has 25 heavy (non-hydrogen) atoms. The predicted molar refractivity (Wildman–Crippen MR) is 99.9 cm³/mol. The Morgan fingerprint density at radius 3 is 2.52 bits per heavy atom. The fraction of sp³-hybridized carbons (Fsp3) is 0.318. The van der Waals surface area contributed by atoms with E-state index in [2.05, 4.69) is 36.5 Å². The van der Waals surface area contributed by atoms with E-state index in [0.29, 0.717) is 6.61 Å². The Bertz CT molecular complexity index is 696. The van der Waals surface area contributed by atoms with Gasteiger partial charge in [0.05, 0.1) is 5.92 Å². The van der Waals surface area contributed by atoms with Crippen molar-refractivity contribution in [3.63, 3.8) is 0 Å². The Kier molecular flexibility index (Phi) is 6.02. The number of ether oxygens (including phenoxy) is 1. The van der Waals surface area contributed by atoms with E-state index in [4.69, 9.17) is 4.74 Å². The number of nitrogens with one attached hydrogen (secondary N) is 1. The van der Waals surface area contributed by atoms with Gasteiger partial charge in [0, 0.05) is 12.1 Å². The summed E-state index contributed by atoms with van der Waals surface area (Å²) < 4.78 is 5.57. The van der Waals surface area contributed by atoms with Crippen LogP contribution in [0.1, 0.15) is 36.9 Å². The van der Waals surface area contributed by atoms with E-state index in [1.165, 1.54) is 5.56 Å². The van der Waals surface area contributed by atoms with E-state index in [1.54, 1.807) is 0 Å². The molecule has 3 nitrogen and oxygen atoms in total. The van der Waals surface area contributed by atoms with Crippen molar-refractivity contribution in [2.24, 2.45) is 5.92 Å². The van der Waals surface area contributed by atoms with Crippen LogP contribution < -0.4 is 5.32 Å². The van der Waals surface area contributed by atoms with E-state index in [1.807, 2.05) is 48.5 Å². The number of esters is 1. The van der Waals surface area contributed by atoms with Crippen molar-refractivity contribution in [3.8, 4) is 0 Å². The van der Waals surface area contributed by atoms with Crippen LogP contribution in [0.25, 0.3) is 0 Å². The van der Waals surface area contributed by atoms with Gasteiger partial charge >= 0.3 is 5.97 Å². The smallest absolute Gasteiger partial charge is 0.311 e. The Balaban J connectivity index is 1.61. The fourth-order valence-corrected chi connectivity index (χ4v) is 3.23. The standard InChI is InChI=1S/C22H25NO2/c1-17(19-12-6-3-7-13-19)23-21-15-9-8-14-20(21)22(24)25-16-18-10-4-2-5-11-18/h2-7,9-13,15,17,20-21,23H,8,14,16H2,1H3/t17-,20+,21+/m1/s1. The van der Waals surface area contributed by atoms with Gasteiger partial charge in [-0.1, -0.05) is 72.8 Å². The molecular weight excluding hydrogens is 310 g/mol. The van der Waals surface area contributed by atoms with Crippen molar-refractivity contribution < 1.29 is 9.53 Å². The molecular formula is C22H25NO2. The molecule has 1 aliphatic carbocycles. The number of carbonyl (C=O) groups excluding carboxylic acids is 1. The average Bonchev–Trinajstić information content (AvgIpc) is 2.68. The molecule has 0 heterocycles. The first-order valence-electron chi connectivity index (χ1n) is 8.92. The highest BCUT2D eigenvalue weighted by Gasteiger charge is 2.30. The number of rotatable bonds is 6. The topological polar surface area (TPSA) is 38.3 Å². The predicted octanol–water partition coefficient (Wildman–Crippen LogP) is 4.42. The SMILES string of the molecule is C[C@@H](N[C@H]1C=CCC[C@@H]1C(=O)OCc1ccccc1)c1ccccc1. The molecule has 3 rings (SSSR count). The van der Waals surface area contributed by atoms with Gasteiger partial charge in [-0.2, -0.15) is 0 Å². The van der Waals surface area contributed by atoms with Crippen LogP contribution in [-0.4, -0.2) is 12.0 Å². The maximum atomic E-state index is 12.6. The summed E-state index contributed by atoms with van der Waals surface area (Å²) in [4.78, 5) is 12.6. The molecule has 3 atom stereocenters. The number of allylic oxidation sites excluding steroid dienone is 1. The molecule has 0 saturated carbocycles. The molecule has 1 N–H and O–H groups in total. The van der Waals surface area contributed by atoms with E-state index < -0.39 is 0 Å². The number of hydrogen-bond donors (Lipinski definition) is 1. The van der Waals surface area contributed by atoms with Crippen LogP contribution in [0.15, 0.2) is 72.8 Å². The lowest BCUT2D eigenvalue weighted by Gasteiger charge is -2.29. The largest absolute Gasteiger partial charge is 0.461 e.